The number of pyridine rings is 3. The van der Waals surface area contributed by atoms with Gasteiger partial charge in [-0.2, -0.15) is 5.26 Å². The summed E-state index contributed by atoms with van der Waals surface area (Å²) in [4.78, 5) is 24.3. The Kier molecular flexibility index (Phi) is 4.11. The van der Waals surface area contributed by atoms with Crippen molar-refractivity contribution in [1.29, 1.82) is 5.26 Å². The van der Waals surface area contributed by atoms with Crippen LogP contribution in [-0.2, 0) is 0 Å². The fraction of sp³-hybridized carbons (Fsp3) is 0.0476. The number of nitriles is 1. The van der Waals surface area contributed by atoms with E-state index in [-0.39, 0.29) is 5.43 Å². The van der Waals surface area contributed by atoms with Gasteiger partial charge < -0.3 is 10.3 Å². The van der Waals surface area contributed by atoms with Crippen LogP contribution in [0.25, 0.3) is 33.4 Å². The van der Waals surface area contributed by atoms with Crippen molar-refractivity contribution in [2.45, 2.75) is 0 Å². The molecule has 0 spiro atoms. The van der Waals surface area contributed by atoms with Crippen molar-refractivity contribution >= 4 is 16.9 Å². The maximum atomic E-state index is 12.3. The van der Waals surface area contributed by atoms with Gasteiger partial charge in [0.1, 0.15) is 11.5 Å². The third-order valence-corrected chi connectivity index (χ3v) is 4.33. The minimum atomic E-state index is -0.0993. The molecule has 6 nitrogen and oxygen atoms in total. The number of benzene rings is 1. The standard InChI is InChI=1S/C21H15N5O/c1-23-19-10-14(5-7-24-19)16-11-17-18(27)6-8-25-21(17)26-20(16)15-4-2-3-13(9-15)12-22/h2-11H,1H3,(H,23,24)(H,25,26,27). The molecule has 130 valence electrons. The van der Waals surface area contributed by atoms with Gasteiger partial charge in [-0.3, -0.25) is 4.79 Å². The van der Waals surface area contributed by atoms with Gasteiger partial charge in [-0.25, -0.2) is 9.97 Å². The molecule has 27 heavy (non-hydrogen) atoms. The maximum Gasteiger partial charge on any atom is 0.191 e. The Morgan fingerprint density at radius 1 is 1.11 bits per heavy atom. The van der Waals surface area contributed by atoms with Crippen LogP contribution in [0.5, 0.6) is 0 Å². The van der Waals surface area contributed by atoms with Crippen LogP contribution in [0, 0.1) is 11.3 Å². The average molecular weight is 353 g/mol. The van der Waals surface area contributed by atoms with Gasteiger partial charge in [-0.15, -0.1) is 0 Å². The Morgan fingerprint density at radius 3 is 2.81 bits per heavy atom. The van der Waals surface area contributed by atoms with E-state index < -0.39 is 0 Å². The molecule has 6 heteroatoms. The summed E-state index contributed by atoms with van der Waals surface area (Å²) in [5.41, 5.74) is 4.13. The molecule has 4 rings (SSSR count). The zero-order valence-electron chi connectivity index (χ0n) is 14.5. The zero-order chi connectivity index (χ0) is 18.8. The molecule has 0 aliphatic heterocycles. The molecule has 2 N–H and O–H groups in total. The van der Waals surface area contributed by atoms with Gasteiger partial charge in [0.25, 0.3) is 0 Å². The van der Waals surface area contributed by atoms with Gasteiger partial charge in [0.2, 0.25) is 0 Å². The lowest BCUT2D eigenvalue weighted by Crippen LogP contribution is -2.03. The number of H-pyrrole nitrogens is 1. The van der Waals surface area contributed by atoms with E-state index in [1.54, 1.807) is 31.6 Å². The summed E-state index contributed by atoms with van der Waals surface area (Å²) in [5, 5.41) is 12.8. The molecule has 3 heterocycles. The van der Waals surface area contributed by atoms with E-state index in [2.05, 4.69) is 21.4 Å². The number of aromatic nitrogens is 3. The van der Waals surface area contributed by atoms with Crippen LogP contribution in [0.2, 0.25) is 0 Å². The smallest absolute Gasteiger partial charge is 0.191 e. The third-order valence-electron chi connectivity index (χ3n) is 4.33. The number of anilines is 1. The highest BCUT2D eigenvalue weighted by Gasteiger charge is 2.14. The summed E-state index contributed by atoms with van der Waals surface area (Å²) in [5.74, 6) is 0.714. The first-order valence-corrected chi connectivity index (χ1v) is 8.37. The van der Waals surface area contributed by atoms with E-state index in [9.17, 15) is 10.1 Å². The number of aromatic amines is 1. The van der Waals surface area contributed by atoms with Crippen LogP contribution in [0.3, 0.4) is 0 Å². The molecule has 0 saturated carbocycles. The molecule has 4 aromatic rings. The Morgan fingerprint density at radius 2 is 2.00 bits per heavy atom. The second-order valence-corrected chi connectivity index (χ2v) is 5.99. The molecule has 0 aliphatic rings. The van der Waals surface area contributed by atoms with Crippen molar-refractivity contribution in [1.82, 2.24) is 15.0 Å². The molecule has 0 unspecified atom stereocenters. The SMILES string of the molecule is CNc1cc(-c2cc3c(=O)cc[nH]c3nc2-c2cccc(C#N)c2)ccn1. The summed E-state index contributed by atoms with van der Waals surface area (Å²) < 4.78 is 0. The fourth-order valence-electron chi connectivity index (χ4n) is 3.01. The predicted octanol–water partition coefficient (Wildman–Crippen LogP) is 3.57. The number of rotatable bonds is 3. The second-order valence-electron chi connectivity index (χ2n) is 5.99. The zero-order valence-corrected chi connectivity index (χ0v) is 14.5. The van der Waals surface area contributed by atoms with Crippen LogP contribution in [0.15, 0.2) is 65.7 Å². The van der Waals surface area contributed by atoms with Crippen LogP contribution < -0.4 is 10.7 Å². The van der Waals surface area contributed by atoms with Crippen LogP contribution >= 0.6 is 0 Å². The summed E-state index contributed by atoms with van der Waals surface area (Å²) in [7, 11) is 1.80. The Bertz CT molecular complexity index is 1250. The fourth-order valence-corrected chi connectivity index (χ4v) is 3.01. The molecule has 0 saturated heterocycles. The number of hydrogen-bond acceptors (Lipinski definition) is 5. The Hall–Kier alpha value is -3.98. The Balaban J connectivity index is 2.06. The molecular weight excluding hydrogens is 338 g/mol. The van der Waals surface area contributed by atoms with Crippen molar-refractivity contribution in [3.8, 4) is 28.5 Å². The summed E-state index contributed by atoms with van der Waals surface area (Å²) in [6.45, 7) is 0. The first-order valence-electron chi connectivity index (χ1n) is 8.37. The quantitative estimate of drug-likeness (QED) is 0.587. The van der Waals surface area contributed by atoms with E-state index in [0.29, 0.717) is 28.1 Å². The number of nitrogens with zero attached hydrogens (tertiary/aromatic N) is 3. The topological polar surface area (TPSA) is 94.5 Å². The lowest BCUT2D eigenvalue weighted by Gasteiger charge is -2.12. The first kappa shape index (κ1) is 16.5. The van der Waals surface area contributed by atoms with Crippen LogP contribution in [0.4, 0.5) is 5.82 Å². The molecule has 0 amide bonds. The normalized spacial score (nSPS) is 10.5. The lowest BCUT2D eigenvalue weighted by molar-refractivity contribution is 1.26. The largest absolute Gasteiger partial charge is 0.373 e. The summed E-state index contributed by atoms with van der Waals surface area (Å²) in [6, 6.07) is 16.5. The van der Waals surface area contributed by atoms with Gasteiger partial charge in [0.05, 0.1) is 22.7 Å². The van der Waals surface area contributed by atoms with Gasteiger partial charge in [-0.1, -0.05) is 12.1 Å². The van der Waals surface area contributed by atoms with Crippen molar-refractivity contribution in [3.05, 3.63) is 76.7 Å². The molecule has 0 atom stereocenters. The van der Waals surface area contributed by atoms with E-state index in [1.165, 1.54) is 6.07 Å². The van der Waals surface area contributed by atoms with E-state index in [1.807, 2.05) is 30.3 Å². The molecule has 0 fully saturated rings. The summed E-state index contributed by atoms with van der Waals surface area (Å²) >= 11 is 0. The van der Waals surface area contributed by atoms with Crippen molar-refractivity contribution in [2.75, 3.05) is 12.4 Å². The average Bonchev–Trinajstić information content (AvgIpc) is 2.73. The highest BCUT2D eigenvalue weighted by Crippen LogP contribution is 2.33. The van der Waals surface area contributed by atoms with E-state index >= 15 is 0 Å². The minimum absolute atomic E-state index is 0.0993. The van der Waals surface area contributed by atoms with Crippen LogP contribution in [0.1, 0.15) is 5.56 Å². The molecule has 1 aromatic carbocycles. The number of hydrogen-bond donors (Lipinski definition) is 2. The first-order chi connectivity index (χ1) is 13.2. The van der Waals surface area contributed by atoms with Gasteiger partial charge in [0, 0.05) is 36.6 Å². The molecule has 3 aromatic heterocycles. The monoisotopic (exact) mass is 353 g/mol. The Labute approximate surface area is 155 Å². The highest BCUT2D eigenvalue weighted by atomic mass is 16.1. The predicted molar refractivity (Wildman–Crippen MR) is 105 cm³/mol. The molecule has 0 bridgehead atoms. The third kappa shape index (κ3) is 3.02. The lowest BCUT2D eigenvalue weighted by atomic mass is 9.97. The van der Waals surface area contributed by atoms with Crippen LogP contribution in [-0.4, -0.2) is 22.0 Å². The van der Waals surface area contributed by atoms with Gasteiger partial charge >= 0.3 is 0 Å². The van der Waals surface area contributed by atoms with Gasteiger partial charge in [-0.05, 0) is 35.9 Å². The maximum absolute atomic E-state index is 12.3. The van der Waals surface area contributed by atoms with Gasteiger partial charge in [0.15, 0.2) is 5.43 Å². The minimum Gasteiger partial charge on any atom is -0.373 e. The highest BCUT2D eigenvalue weighted by molar-refractivity contribution is 5.90. The number of fused-ring (bicyclic) bond motifs is 1. The van der Waals surface area contributed by atoms with Crippen molar-refractivity contribution < 1.29 is 0 Å². The molecule has 0 radical (unpaired) electrons. The van der Waals surface area contributed by atoms with Crippen molar-refractivity contribution in [3.63, 3.8) is 0 Å². The van der Waals surface area contributed by atoms with E-state index in [0.717, 1.165) is 16.7 Å². The summed E-state index contributed by atoms with van der Waals surface area (Å²) in [6.07, 6.45) is 3.29. The molecular formula is C21H15N5O. The van der Waals surface area contributed by atoms with E-state index in [4.69, 9.17) is 4.98 Å². The number of nitrogens with one attached hydrogen (secondary N) is 2. The molecule has 0 aliphatic carbocycles. The second kappa shape index (κ2) is 6.73. The van der Waals surface area contributed by atoms with Crippen molar-refractivity contribution in [2.24, 2.45) is 0 Å².